The third-order valence-electron chi connectivity index (χ3n) is 6.65. The number of hydrogen-bond acceptors (Lipinski definition) is 4. The number of carbonyl (C=O) groups excluding carboxylic acids is 2. The van der Waals surface area contributed by atoms with E-state index in [9.17, 15) is 9.59 Å². The van der Waals surface area contributed by atoms with Crippen LogP contribution in [-0.4, -0.2) is 56.0 Å². The maximum atomic E-state index is 12.7. The van der Waals surface area contributed by atoms with Gasteiger partial charge in [0, 0.05) is 31.2 Å². The summed E-state index contributed by atoms with van der Waals surface area (Å²) in [5.74, 6) is 1.08. The van der Waals surface area contributed by atoms with Crippen LogP contribution >= 0.6 is 0 Å². The van der Waals surface area contributed by atoms with Crippen LogP contribution in [0.1, 0.15) is 38.5 Å². The molecule has 1 aromatic rings. The summed E-state index contributed by atoms with van der Waals surface area (Å²) in [5.41, 5.74) is 0.825. The fourth-order valence-corrected chi connectivity index (χ4v) is 5.09. The zero-order valence-electron chi connectivity index (χ0n) is 16.7. The SMILES string of the molecule is COc1ccc(N2CC(C(=O)NCC3CCCN4CCCCC34)CC2=O)cc1. The van der Waals surface area contributed by atoms with Gasteiger partial charge in [-0.1, -0.05) is 6.42 Å². The average molecular weight is 386 g/mol. The second-order valence-corrected chi connectivity index (χ2v) is 8.35. The van der Waals surface area contributed by atoms with E-state index in [-0.39, 0.29) is 24.2 Å². The molecule has 2 amide bonds. The average Bonchev–Trinajstić information content (AvgIpc) is 3.13. The lowest BCUT2D eigenvalue weighted by atomic mass is 9.83. The Morgan fingerprint density at radius 3 is 2.71 bits per heavy atom. The van der Waals surface area contributed by atoms with Gasteiger partial charge in [-0.05, 0) is 69.0 Å². The number of ether oxygens (including phenoxy) is 1. The van der Waals surface area contributed by atoms with E-state index in [4.69, 9.17) is 4.74 Å². The first-order valence-electron chi connectivity index (χ1n) is 10.6. The van der Waals surface area contributed by atoms with Gasteiger partial charge < -0.3 is 19.9 Å². The molecule has 3 unspecified atom stereocenters. The molecule has 0 aliphatic carbocycles. The third-order valence-corrected chi connectivity index (χ3v) is 6.65. The quantitative estimate of drug-likeness (QED) is 0.846. The van der Waals surface area contributed by atoms with Crippen LogP contribution in [0.15, 0.2) is 24.3 Å². The van der Waals surface area contributed by atoms with E-state index in [0.29, 0.717) is 18.5 Å². The Morgan fingerprint density at radius 1 is 1.14 bits per heavy atom. The van der Waals surface area contributed by atoms with Gasteiger partial charge in [-0.3, -0.25) is 9.59 Å². The molecule has 152 valence electrons. The number of piperidine rings is 2. The van der Waals surface area contributed by atoms with Crippen molar-refractivity contribution in [3.63, 3.8) is 0 Å². The molecule has 3 aliphatic rings. The Balaban J connectivity index is 1.32. The van der Waals surface area contributed by atoms with Crippen LogP contribution in [0.5, 0.6) is 5.75 Å². The summed E-state index contributed by atoms with van der Waals surface area (Å²) < 4.78 is 5.17. The molecule has 3 heterocycles. The van der Waals surface area contributed by atoms with Crippen molar-refractivity contribution in [2.45, 2.75) is 44.6 Å². The highest BCUT2D eigenvalue weighted by Gasteiger charge is 2.37. The molecule has 3 aliphatic heterocycles. The van der Waals surface area contributed by atoms with E-state index in [2.05, 4.69) is 10.2 Å². The van der Waals surface area contributed by atoms with Crippen LogP contribution in [0.3, 0.4) is 0 Å². The maximum absolute atomic E-state index is 12.7. The van der Waals surface area contributed by atoms with Crippen LogP contribution < -0.4 is 15.0 Å². The normalized spacial score (nSPS) is 28.1. The van der Waals surface area contributed by atoms with Gasteiger partial charge in [-0.15, -0.1) is 0 Å². The predicted molar refractivity (Wildman–Crippen MR) is 108 cm³/mol. The topological polar surface area (TPSA) is 61.9 Å². The predicted octanol–water partition coefficient (Wildman–Crippen LogP) is 2.43. The number of rotatable bonds is 5. The van der Waals surface area contributed by atoms with E-state index >= 15 is 0 Å². The summed E-state index contributed by atoms with van der Waals surface area (Å²) in [6, 6.07) is 8.06. The van der Waals surface area contributed by atoms with Gasteiger partial charge in [0.15, 0.2) is 0 Å². The summed E-state index contributed by atoms with van der Waals surface area (Å²) in [6.07, 6.45) is 6.58. The van der Waals surface area contributed by atoms with Gasteiger partial charge in [-0.2, -0.15) is 0 Å². The van der Waals surface area contributed by atoms with Crippen molar-refractivity contribution in [3.8, 4) is 5.75 Å². The number of nitrogens with zero attached hydrogens (tertiary/aromatic N) is 2. The molecular formula is C22H31N3O3. The first kappa shape index (κ1) is 19.2. The van der Waals surface area contributed by atoms with Crippen LogP contribution in [0.25, 0.3) is 0 Å². The Labute approximate surface area is 167 Å². The number of fused-ring (bicyclic) bond motifs is 1. The Bertz CT molecular complexity index is 703. The zero-order chi connectivity index (χ0) is 19.5. The minimum absolute atomic E-state index is 0.0152. The Kier molecular flexibility index (Phi) is 5.85. The van der Waals surface area contributed by atoms with Crippen LogP contribution in [0.2, 0.25) is 0 Å². The minimum Gasteiger partial charge on any atom is -0.497 e. The summed E-state index contributed by atoms with van der Waals surface area (Å²) in [5, 5.41) is 3.17. The van der Waals surface area contributed by atoms with Crippen molar-refractivity contribution in [1.29, 1.82) is 0 Å². The molecule has 1 N–H and O–H groups in total. The Hall–Kier alpha value is -2.08. The van der Waals surface area contributed by atoms with Crippen LogP contribution in [-0.2, 0) is 9.59 Å². The van der Waals surface area contributed by atoms with E-state index < -0.39 is 0 Å². The summed E-state index contributed by atoms with van der Waals surface area (Å²) in [6.45, 7) is 3.62. The monoisotopic (exact) mass is 385 g/mol. The third kappa shape index (κ3) is 4.02. The lowest BCUT2D eigenvalue weighted by Gasteiger charge is -2.44. The van der Waals surface area contributed by atoms with Gasteiger partial charge in [0.1, 0.15) is 5.75 Å². The Morgan fingerprint density at radius 2 is 1.93 bits per heavy atom. The number of anilines is 1. The molecule has 0 radical (unpaired) electrons. The molecule has 0 saturated carbocycles. The number of methoxy groups -OCH3 is 1. The first-order chi connectivity index (χ1) is 13.7. The molecule has 0 aromatic heterocycles. The van der Waals surface area contributed by atoms with E-state index in [0.717, 1.165) is 18.0 Å². The molecule has 0 spiro atoms. The molecule has 6 heteroatoms. The van der Waals surface area contributed by atoms with Gasteiger partial charge in [0.2, 0.25) is 11.8 Å². The van der Waals surface area contributed by atoms with Gasteiger partial charge in [0.05, 0.1) is 13.0 Å². The molecule has 3 saturated heterocycles. The molecule has 6 nitrogen and oxygen atoms in total. The van der Waals surface area contributed by atoms with Crippen molar-refractivity contribution in [2.75, 3.05) is 38.2 Å². The molecule has 3 fully saturated rings. The number of nitrogens with one attached hydrogen (secondary N) is 1. The lowest BCUT2D eigenvalue weighted by molar-refractivity contribution is -0.126. The van der Waals surface area contributed by atoms with Crippen molar-refractivity contribution >= 4 is 17.5 Å². The zero-order valence-corrected chi connectivity index (χ0v) is 16.7. The largest absolute Gasteiger partial charge is 0.497 e. The van der Waals surface area contributed by atoms with Gasteiger partial charge in [0.25, 0.3) is 0 Å². The van der Waals surface area contributed by atoms with Gasteiger partial charge in [-0.25, -0.2) is 0 Å². The van der Waals surface area contributed by atoms with Crippen molar-refractivity contribution in [1.82, 2.24) is 10.2 Å². The lowest BCUT2D eigenvalue weighted by Crippen LogP contribution is -2.51. The highest BCUT2D eigenvalue weighted by Crippen LogP contribution is 2.31. The highest BCUT2D eigenvalue weighted by atomic mass is 16.5. The van der Waals surface area contributed by atoms with Gasteiger partial charge >= 0.3 is 0 Å². The van der Waals surface area contributed by atoms with Crippen molar-refractivity contribution in [3.05, 3.63) is 24.3 Å². The highest BCUT2D eigenvalue weighted by molar-refractivity contribution is 6.00. The fourth-order valence-electron chi connectivity index (χ4n) is 5.09. The standard InChI is InChI=1S/C22H31N3O3/c1-28-19-9-7-18(8-10-19)25-15-17(13-21(25)26)22(27)23-14-16-5-4-12-24-11-3-2-6-20(16)24/h7-10,16-17,20H,2-6,11-15H2,1H3,(H,23,27). The molecular weight excluding hydrogens is 354 g/mol. The second-order valence-electron chi connectivity index (χ2n) is 8.35. The molecule has 1 aromatic carbocycles. The summed E-state index contributed by atoms with van der Waals surface area (Å²) >= 11 is 0. The van der Waals surface area contributed by atoms with Crippen LogP contribution in [0.4, 0.5) is 5.69 Å². The minimum atomic E-state index is -0.263. The number of carbonyl (C=O) groups is 2. The van der Waals surface area contributed by atoms with Crippen LogP contribution in [0, 0.1) is 11.8 Å². The molecule has 28 heavy (non-hydrogen) atoms. The molecule has 4 rings (SSSR count). The number of benzene rings is 1. The van der Waals surface area contributed by atoms with Crippen molar-refractivity contribution in [2.24, 2.45) is 11.8 Å². The molecule has 0 bridgehead atoms. The van der Waals surface area contributed by atoms with E-state index in [1.54, 1.807) is 12.0 Å². The smallest absolute Gasteiger partial charge is 0.227 e. The second kappa shape index (κ2) is 8.52. The summed E-state index contributed by atoms with van der Waals surface area (Å²) in [7, 11) is 1.62. The summed E-state index contributed by atoms with van der Waals surface area (Å²) in [4.78, 5) is 29.5. The fraction of sp³-hybridized carbons (Fsp3) is 0.636. The first-order valence-corrected chi connectivity index (χ1v) is 10.6. The van der Waals surface area contributed by atoms with E-state index in [1.165, 1.54) is 45.2 Å². The van der Waals surface area contributed by atoms with E-state index in [1.807, 2.05) is 24.3 Å². The van der Waals surface area contributed by atoms with Crippen molar-refractivity contribution < 1.29 is 14.3 Å². The number of hydrogen-bond donors (Lipinski definition) is 1. The maximum Gasteiger partial charge on any atom is 0.227 e. The molecule has 3 atom stereocenters. The number of amides is 2.